The average molecular weight is 559 g/mol. The number of hydrogen-bond donors (Lipinski definition) is 2. The summed E-state index contributed by atoms with van der Waals surface area (Å²) in [4.78, 5) is 9.81. The van der Waals surface area contributed by atoms with Gasteiger partial charge >= 0.3 is 0 Å². The Labute approximate surface area is 245 Å². The fraction of sp³-hybridized carbons (Fsp3) is 0.471. The van der Waals surface area contributed by atoms with Crippen LogP contribution in [-0.2, 0) is 0 Å². The predicted octanol–water partition coefficient (Wildman–Crippen LogP) is 7.68. The van der Waals surface area contributed by atoms with Gasteiger partial charge in [-0.15, -0.1) is 0 Å². The number of halogens is 1. The third kappa shape index (κ3) is 7.32. The smallest absolute Gasteiger partial charge is 0.132 e. The zero-order chi connectivity index (χ0) is 29.4. The van der Waals surface area contributed by atoms with Crippen molar-refractivity contribution in [3.8, 4) is 11.3 Å². The summed E-state index contributed by atoms with van der Waals surface area (Å²) in [5, 5.41) is 11.1. The number of nitrogens with zero attached hydrogens (tertiary/aromatic N) is 4. The number of likely N-dealkylation sites (N-methyl/N-ethyl adjacent to an activating group) is 1. The van der Waals surface area contributed by atoms with Crippen molar-refractivity contribution < 1.29 is 4.39 Å². The third-order valence-corrected chi connectivity index (χ3v) is 7.96. The van der Waals surface area contributed by atoms with E-state index in [1.807, 2.05) is 13.8 Å². The molecule has 2 saturated heterocycles. The number of H-pyrrole nitrogens is 1. The highest BCUT2D eigenvalue weighted by molar-refractivity contribution is 6.03. The number of benzene rings is 2. The molecule has 5 rings (SSSR count). The molecule has 6 nitrogen and oxygen atoms in total. The molecule has 2 N–H and O–H groups in total. The average Bonchev–Trinajstić information content (AvgIpc) is 3.40. The minimum atomic E-state index is -0.230. The Hall–Kier alpha value is -3.29. The third-order valence-electron chi connectivity index (χ3n) is 7.96. The second-order valence-corrected chi connectivity index (χ2v) is 11.1. The van der Waals surface area contributed by atoms with E-state index in [0.29, 0.717) is 17.0 Å². The van der Waals surface area contributed by atoms with Gasteiger partial charge in [-0.25, -0.2) is 9.38 Å². The maximum absolute atomic E-state index is 15.5. The normalized spacial score (nSPS) is 18.1. The summed E-state index contributed by atoms with van der Waals surface area (Å²) in [5.74, 6) is -0.230. The fourth-order valence-electron chi connectivity index (χ4n) is 5.75. The predicted molar refractivity (Wildman–Crippen MR) is 172 cm³/mol. The minimum Gasteiger partial charge on any atom is -0.369 e. The van der Waals surface area contributed by atoms with Gasteiger partial charge in [0, 0.05) is 54.7 Å². The lowest BCUT2D eigenvalue weighted by molar-refractivity contribution is 0.271. The Morgan fingerprint density at radius 1 is 1.10 bits per heavy atom. The number of anilines is 1. The van der Waals surface area contributed by atoms with Gasteiger partial charge in [0.2, 0.25) is 0 Å². The van der Waals surface area contributed by atoms with Crippen LogP contribution in [0.3, 0.4) is 0 Å². The highest BCUT2D eigenvalue weighted by Crippen LogP contribution is 2.35. The first-order valence-electron chi connectivity index (χ1n) is 15.3. The van der Waals surface area contributed by atoms with E-state index in [4.69, 9.17) is 4.99 Å². The highest BCUT2D eigenvalue weighted by atomic mass is 19.1. The number of nitrogens with one attached hydrogen (secondary N) is 2. The summed E-state index contributed by atoms with van der Waals surface area (Å²) < 4.78 is 15.5. The largest absolute Gasteiger partial charge is 0.369 e. The van der Waals surface area contributed by atoms with E-state index >= 15 is 4.39 Å². The first-order valence-corrected chi connectivity index (χ1v) is 15.3. The molecule has 0 saturated carbocycles. The molecule has 2 aliphatic heterocycles. The van der Waals surface area contributed by atoms with E-state index in [1.54, 1.807) is 12.1 Å². The van der Waals surface area contributed by atoms with Crippen molar-refractivity contribution in [2.75, 3.05) is 44.2 Å². The Bertz CT molecular complexity index is 1290. The van der Waals surface area contributed by atoms with Crippen molar-refractivity contribution >= 4 is 23.2 Å². The van der Waals surface area contributed by atoms with Crippen molar-refractivity contribution in [2.45, 2.75) is 66.3 Å². The number of piperidine rings is 1. The first kappa shape index (κ1) is 30.7. The van der Waals surface area contributed by atoms with Gasteiger partial charge in [-0.2, -0.15) is 5.10 Å². The number of rotatable bonds is 7. The van der Waals surface area contributed by atoms with Gasteiger partial charge < -0.3 is 15.1 Å². The van der Waals surface area contributed by atoms with Crippen LogP contribution < -0.4 is 10.2 Å². The van der Waals surface area contributed by atoms with Gasteiger partial charge in [-0.3, -0.25) is 5.10 Å². The summed E-state index contributed by atoms with van der Waals surface area (Å²) in [6, 6.07) is 12.5. The number of aliphatic imine (C=N–C) groups is 1. The molecule has 0 spiro atoms. The van der Waals surface area contributed by atoms with E-state index in [-0.39, 0.29) is 11.9 Å². The van der Waals surface area contributed by atoms with Crippen molar-refractivity contribution in [2.24, 2.45) is 4.99 Å². The van der Waals surface area contributed by atoms with E-state index in [1.165, 1.54) is 24.9 Å². The molecule has 0 radical (unpaired) electrons. The molecular formula is C34H47FN6. The van der Waals surface area contributed by atoms with Crippen LogP contribution in [0.5, 0.6) is 0 Å². The molecule has 2 aliphatic rings. The maximum atomic E-state index is 15.5. The summed E-state index contributed by atoms with van der Waals surface area (Å²) in [5.41, 5.74) is 7.41. The number of piperazine rings is 1. The molecule has 220 valence electrons. The van der Waals surface area contributed by atoms with E-state index in [0.717, 1.165) is 73.8 Å². The SMILES string of the molecule is C=Cc1[nH]nc(-c2ccc(N3CCN(CC)CC3)cc2)c1N=C(C)c1c(C)cc(C2CCCCN2)cc1F.CCC. The van der Waals surface area contributed by atoms with Gasteiger partial charge in [-0.05, 0) is 75.2 Å². The monoisotopic (exact) mass is 558 g/mol. The highest BCUT2D eigenvalue weighted by Gasteiger charge is 2.21. The molecule has 0 amide bonds. The summed E-state index contributed by atoms with van der Waals surface area (Å²) in [6.45, 7) is 20.6. The first-order chi connectivity index (χ1) is 19.9. The quantitative estimate of drug-likeness (QED) is 0.292. The minimum absolute atomic E-state index is 0.217. The lowest BCUT2D eigenvalue weighted by Gasteiger charge is -2.35. The second-order valence-electron chi connectivity index (χ2n) is 11.1. The standard InChI is InChI=1S/C31H39FN6.C3H8/c1-5-27-31(34-22(4)29-21(3)19-24(20-26(29)32)28-9-7-8-14-33-28)30(36-35-27)23-10-12-25(13-11-23)38-17-15-37(6-2)16-18-38;1-3-2/h5,10-13,19-20,28,33H,1,6-9,14-18H2,2-4H3,(H,35,36);3H2,1-2H3. The number of aryl methyl sites for hydroxylation is 1. The van der Waals surface area contributed by atoms with Crippen LogP contribution >= 0.6 is 0 Å². The molecule has 2 aromatic carbocycles. The molecule has 3 heterocycles. The zero-order valence-corrected chi connectivity index (χ0v) is 25.6. The Morgan fingerprint density at radius 2 is 1.80 bits per heavy atom. The van der Waals surface area contributed by atoms with Crippen molar-refractivity contribution in [1.82, 2.24) is 20.4 Å². The van der Waals surface area contributed by atoms with Gasteiger partial charge in [-0.1, -0.05) is 58.4 Å². The van der Waals surface area contributed by atoms with Crippen LogP contribution in [-0.4, -0.2) is 60.1 Å². The van der Waals surface area contributed by atoms with Gasteiger partial charge in [0.05, 0.1) is 5.69 Å². The van der Waals surface area contributed by atoms with E-state index in [9.17, 15) is 0 Å². The Kier molecular flexibility index (Phi) is 10.9. The summed E-state index contributed by atoms with van der Waals surface area (Å²) in [7, 11) is 0. The molecule has 3 aromatic rings. The van der Waals surface area contributed by atoms with E-state index < -0.39 is 0 Å². The van der Waals surface area contributed by atoms with Crippen LogP contribution in [0.15, 0.2) is 48.0 Å². The molecule has 7 heteroatoms. The fourth-order valence-corrected chi connectivity index (χ4v) is 5.75. The number of aromatic nitrogens is 2. The molecule has 2 fully saturated rings. The number of hydrogen-bond acceptors (Lipinski definition) is 5. The molecule has 0 bridgehead atoms. The number of aromatic amines is 1. The van der Waals surface area contributed by atoms with Crippen LogP contribution in [0.1, 0.15) is 81.8 Å². The van der Waals surface area contributed by atoms with Gasteiger partial charge in [0.1, 0.15) is 17.2 Å². The summed E-state index contributed by atoms with van der Waals surface area (Å²) >= 11 is 0. The molecule has 1 atom stereocenters. The Balaban J connectivity index is 0.00000124. The molecule has 1 unspecified atom stereocenters. The van der Waals surface area contributed by atoms with Crippen molar-refractivity contribution in [1.29, 1.82) is 0 Å². The second kappa shape index (κ2) is 14.6. The van der Waals surface area contributed by atoms with E-state index in [2.05, 4.69) is 83.0 Å². The zero-order valence-electron chi connectivity index (χ0n) is 25.6. The van der Waals surface area contributed by atoms with Crippen LogP contribution in [0, 0.1) is 12.7 Å². The molecule has 0 aliphatic carbocycles. The lowest BCUT2D eigenvalue weighted by atomic mass is 9.93. The van der Waals surface area contributed by atoms with Crippen molar-refractivity contribution in [3.63, 3.8) is 0 Å². The maximum Gasteiger partial charge on any atom is 0.132 e. The molecule has 1 aromatic heterocycles. The van der Waals surface area contributed by atoms with Crippen LogP contribution in [0.25, 0.3) is 17.3 Å². The summed E-state index contributed by atoms with van der Waals surface area (Å²) in [6.07, 6.45) is 6.36. The lowest BCUT2D eigenvalue weighted by Crippen LogP contribution is -2.46. The molecular weight excluding hydrogens is 511 g/mol. The van der Waals surface area contributed by atoms with Gasteiger partial charge in [0.25, 0.3) is 0 Å². The Morgan fingerprint density at radius 3 is 2.39 bits per heavy atom. The van der Waals surface area contributed by atoms with Gasteiger partial charge in [0.15, 0.2) is 0 Å². The van der Waals surface area contributed by atoms with Crippen LogP contribution in [0.2, 0.25) is 0 Å². The topological polar surface area (TPSA) is 59.6 Å². The van der Waals surface area contributed by atoms with Crippen LogP contribution in [0.4, 0.5) is 15.8 Å². The van der Waals surface area contributed by atoms with Crippen molar-refractivity contribution in [3.05, 3.63) is 71.2 Å². The molecule has 41 heavy (non-hydrogen) atoms.